The lowest BCUT2D eigenvalue weighted by molar-refractivity contribution is -0.384. The van der Waals surface area contributed by atoms with Crippen LogP contribution in [0.25, 0.3) is 6.08 Å². The Labute approximate surface area is 195 Å². The first-order valence-corrected chi connectivity index (χ1v) is 10.4. The van der Waals surface area contributed by atoms with E-state index in [1.807, 2.05) is 49.3 Å². The normalized spacial score (nSPS) is 14.4. The van der Waals surface area contributed by atoms with Crippen molar-refractivity contribution in [3.63, 3.8) is 0 Å². The summed E-state index contributed by atoms with van der Waals surface area (Å²) in [6.07, 6.45) is 1.64. The van der Waals surface area contributed by atoms with Gasteiger partial charge in [-0.3, -0.25) is 25.1 Å². The van der Waals surface area contributed by atoms with Crippen LogP contribution in [-0.4, -0.2) is 41.7 Å². The average Bonchev–Trinajstić information content (AvgIpc) is 2.85. The van der Waals surface area contributed by atoms with Crippen LogP contribution in [0.1, 0.15) is 21.5 Å². The zero-order valence-corrected chi connectivity index (χ0v) is 18.5. The maximum absolute atomic E-state index is 13.2. The molecular formula is C25H21N5O4. The van der Waals surface area contributed by atoms with E-state index in [-0.39, 0.29) is 22.8 Å². The molecule has 170 valence electrons. The Morgan fingerprint density at radius 1 is 1.00 bits per heavy atom. The molecule has 0 spiro atoms. The molecule has 0 fully saturated rings. The third-order valence-electron chi connectivity index (χ3n) is 5.16. The van der Waals surface area contributed by atoms with Crippen LogP contribution in [0.3, 0.4) is 0 Å². The first-order chi connectivity index (χ1) is 16.3. The molecule has 3 aromatic carbocycles. The highest BCUT2D eigenvalue weighted by Crippen LogP contribution is 2.21. The van der Waals surface area contributed by atoms with Gasteiger partial charge in [0.05, 0.1) is 4.92 Å². The van der Waals surface area contributed by atoms with Crippen molar-refractivity contribution in [2.75, 3.05) is 19.0 Å². The second kappa shape index (κ2) is 9.37. The van der Waals surface area contributed by atoms with Gasteiger partial charge in [-0.2, -0.15) is 5.01 Å². The van der Waals surface area contributed by atoms with Crippen LogP contribution in [0.2, 0.25) is 0 Å². The molecule has 1 heterocycles. The molecule has 0 aromatic heterocycles. The van der Waals surface area contributed by atoms with E-state index in [9.17, 15) is 19.7 Å². The molecule has 0 aliphatic carbocycles. The molecule has 1 N–H and O–H groups in total. The molecule has 2 amide bonds. The molecule has 4 rings (SSSR count). The van der Waals surface area contributed by atoms with Gasteiger partial charge in [-0.15, -0.1) is 0 Å². The van der Waals surface area contributed by atoms with Crippen molar-refractivity contribution < 1.29 is 14.5 Å². The van der Waals surface area contributed by atoms with Crippen LogP contribution < -0.4 is 10.3 Å². The summed E-state index contributed by atoms with van der Waals surface area (Å²) in [6.45, 7) is 0. The van der Waals surface area contributed by atoms with Crippen molar-refractivity contribution in [3.05, 3.63) is 111 Å². The minimum absolute atomic E-state index is 0.137. The molecule has 0 atom stereocenters. The number of anilines is 1. The molecule has 0 bridgehead atoms. The summed E-state index contributed by atoms with van der Waals surface area (Å²) in [5.41, 5.74) is 5.19. The number of amides is 2. The van der Waals surface area contributed by atoms with Crippen LogP contribution in [0.5, 0.6) is 0 Å². The number of carbonyl (C=O) groups is 2. The number of nitro benzene ring substituents is 1. The minimum atomic E-state index is -0.569. The Morgan fingerprint density at radius 2 is 1.65 bits per heavy atom. The number of nitrogens with zero attached hydrogens (tertiary/aromatic N) is 4. The molecule has 0 unspecified atom stereocenters. The number of benzene rings is 3. The SMILES string of the molecule is CN(C)c1ccc(/C=C2/N=C(c3ccccc3)N(C(=O)c3ccc([N+](=O)[O-])cc3)NC2=O)cc1. The zero-order chi connectivity index (χ0) is 24.2. The number of aliphatic imine (C=N–C) groups is 1. The van der Waals surface area contributed by atoms with Crippen LogP contribution in [0.15, 0.2) is 89.6 Å². The Morgan fingerprint density at radius 3 is 2.24 bits per heavy atom. The molecule has 0 saturated carbocycles. The number of hydrogen-bond acceptors (Lipinski definition) is 6. The third kappa shape index (κ3) is 4.68. The number of non-ortho nitro benzene ring substituents is 1. The van der Waals surface area contributed by atoms with E-state index in [0.29, 0.717) is 5.56 Å². The lowest BCUT2D eigenvalue weighted by atomic mass is 10.1. The second-order valence-electron chi connectivity index (χ2n) is 7.70. The van der Waals surface area contributed by atoms with E-state index < -0.39 is 16.7 Å². The van der Waals surface area contributed by atoms with Crippen molar-refractivity contribution in [2.45, 2.75) is 0 Å². The Hall–Kier alpha value is -4.79. The van der Waals surface area contributed by atoms with Crippen molar-refractivity contribution >= 4 is 35.1 Å². The van der Waals surface area contributed by atoms with E-state index >= 15 is 0 Å². The van der Waals surface area contributed by atoms with Gasteiger partial charge in [-0.05, 0) is 35.9 Å². The van der Waals surface area contributed by atoms with Gasteiger partial charge in [0.15, 0.2) is 5.84 Å². The Bertz CT molecular complexity index is 1300. The number of hydrazine groups is 1. The van der Waals surface area contributed by atoms with Crippen LogP contribution in [0, 0.1) is 10.1 Å². The second-order valence-corrected chi connectivity index (χ2v) is 7.70. The predicted molar refractivity (Wildman–Crippen MR) is 129 cm³/mol. The zero-order valence-electron chi connectivity index (χ0n) is 18.5. The molecule has 9 heteroatoms. The fraction of sp³-hybridized carbons (Fsp3) is 0.0800. The van der Waals surface area contributed by atoms with Crippen molar-refractivity contribution in [1.29, 1.82) is 0 Å². The fourth-order valence-electron chi connectivity index (χ4n) is 3.33. The summed E-state index contributed by atoms with van der Waals surface area (Å²) < 4.78 is 0. The van der Waals surface area contributed by atoms with Gasteiger partial charge < -0.3 is 4.90 Å². The van der Waals surface area contributed by atoms with Gasteiger partial charge >= 0.3 is 0 Å². The summed E-state index contributed by atoms with van der Waals surface area (Å²) in [4.78, 5) is 42.9. The fourth-order valence-corrected chi connectivity index (χ4v) is 3.33. The van der Waals surface area contributed by atoms with Crippen molar-refractivity contribution in [3.8, 4) is 0 Å². The predicted octanol–water partition coefficient (Wildman–Crippen LogP) is 3.64. The quantitative estimate of drug-likeness (QED) is 0.359. The lowest BCUT2D eigenvalue weighted by Crippen LogP contribution is -2.53. The molecule has 9 nitrogen and oxygen atoms in total. The topological polar surface area (TPSA) is 108 Å². The molecule has 3 aromatic rings. The van der Waals surface area contributed by atoms with E-state index in [1.165, 1.54) is 24.3 Å². The third-order valence-corrected chi connectivity index (χ3v) is 5.16. The van der Waals surface area contributed by atoms with Gasteiger partial charge in [0.25, 0.3) is 17.5 Å². The van der Waals surface area contributed by atoms with E-state index in [1.54, 1.807) is 30.3 Å². The van der Waals surface area contributed by atoms with Crippen molar-refractivity contribution in [1.82, 2.24) is 10.4 Å². The van der Waals surface area contributed by atoms with Crippen molar-refractivity contribution in [2.24, 2.45) is 4.99 Å². The highest BCUT2D eigenvalue weighted by atomic mass is 16.6. The van der Waals surface area contributed by atoms with Crippen LogP contribution >= 0.6 is 0 Å². The van der Waals surface area contributed by atoms with Gasteiger partial charge in [0, 0.05) is 43.0 Å². The first kappa shape index (κ1) is 22.4. The maximum Gasteiger partial charge on any atom is 0.288 e. The van der Waals surface area contributed by atoms with Gasteiger partial charge in [-0.25, -0.2) is 4.99 Å². The van der Waals surface area contributed by atoms with Crippen LogP contribution in [-0.2, 0) is 4.79 Å². The smallest absolute Gasteiger partial charge is 0.288 e. The molecule has 1 aliphatic rings. The number of nitro groups is 1. The van der Waals surface area contributed by atoms with E-state index in [0.717, 1.165) is 16.3 Å². The number of amidine groups is 1. The summed E-state index contributed by atoms with van der Waals surface area (Å²) in [5, 5.41) is 12.0. The number of nitrogens with one attached hydrogen (secondary N) is 1. The summed E-state index contributed by atoms with van der Waals surface area (Å²) in [7, 11) is 3.88. The standard InChI is InChI=1S/C25H21N5O4/c1-28(2)20-12-8-17(9-13-20)16-22-24(31)27-29(23(26-22)18-6-4-3-5-7-18)25(32)19-10-14-21(15-11-19)30(33)34/h3-16H,1-2H3,(H,27,31)/b22-16+. The molecular weight excluding hydrogens is 434 g/mol. The lowest BCUT2D eigenvalue weighted by Gasteiger charge is -2.28. The highest BCUT2D eigenvalue weighted by Gasteiger charge is 2.30. The summed E-state index contributed by atoms with van der Waals surface area (Å²) in [5.74, 6) is -0.883. The van der Waals surface area contributed by atoms with E-state index in [2.05, 4.69) is 10.4 Å². The highest BCUT2D eigenvalue weighted by molar-refractivity contribution is 6.18. The number of carbonyl (C=O) groups excluding carboxylic acids is 2. The van der Waals surface area contributed by atoms with Gasteiger partial charge in [0.1, 0.15) is 5.70 Å². The Kier molecular flexibility index (Phi) is 6.18. The first-order valence-electron chi connectivity index (χ1n) is 10.4. The molecule has 0 saturated heterocycles. The van der Waals surface area contributed by atoms with Gasteiger partial charge in [-0.1, -0.05) is 42.5 Å². The Balaban J connectivity index is 1.73. The largest absolute Gasteiger partial charge is 0.378 e. The number of hydrogen-bond donors (Lipinski definition) is 1. The maximum atomic E-state index is 13.2. The summed E-state index contributed by atoms with van der Waals surface area (Å²) in [6, 6.07) is 21.7. The summed E-state index contributed by atoms with van der Waals surface area (Å²) >= 11 is 0. The molecule has 1 aliphatic heterocycles. The molecule has 34 heavy (non-hydrogen) atoms. The molecule has 0 radical (unpaired) electrons. The van der Waals surface area contributed by atoms with Crippen LogP contribution in [0.4, 0.5) is 11.4 Å². The minimum Gasteiger partial charge on any atom is -0.378 e. The number of rotatable bonds is 5. The van der Waals surface area contributed by atoms with Gasteiger partial charge in [0.2, 0.25) is 0 Å². The van der Waals surface area contributed by atoms with E-state index in [4.69, 9.17) is 0 Å². The average molecular weight is 455 g/mol. The monoisotopic (exact) mass is 455 g/mol.